The molecule has 0 aliphatic carbocycles. The van der Waals surface area contributed by atoms with Crippen LogP contribution >= 0.6 is 50.1 Å². The number of ether oxygens (including phenoxy) is 3. The van der Waals surface area contributed by atoms with Crippen LogP contribution in [0.15, 0.2) is 46.9 Å². The molecule has 4 nitrogen and oxygen atoms in total. The van der Waals surface area contributed by atoms with Gasteiger partial charge in [-0.1, -0.05) is 41.9 Å². The maximum absolute atomic E-state index is 6.54. The number of fused-ring (bicyclic) bond motifs is 1. The van der Waals surface area contributed by atoms with Crippen molar-refractivity contribution in [2.24, 2.45) is 0 Å². The quantitative estimate of drug-likeness (QED) is 0.290. The minimum absolute atomic E-state index is 0.0476. The Morgan fingerprint density at radius 3 is 2.57 bits per heavy atom. The summed E-state index contributed by atoms with van der Waals surface area (Å²) in [7, 11) is 1.64. The molecule has 3 rings (SSSR count). The Labute approximate surface area is 191 Å². The highest BCUT2D eigenvalue weighted by Gasteiger charge is 2.19. The molecule has 0 bridgehead atoms. The number of hydrogen-bond donors (Lipinski definition) is 0. The molecule has 2 aromatic carbocycles. The first-order valence-electron chi connectivity index (χ1n) is 8.76. The first-order valence-corrected chi connectivity index (χ1v) is 11.0. The summed E-state index contributed by atoms with van der Waals surface area (Å²) in [4.78, 5) is 4.67. The van der Waals surface area contributed by atoms with Gasteiger partial charge < -0.3 is 14.2 Å². The highest BCUT2D eigenvalue weighted by molar-refractivity contribution is 14.1. The fourth-order valence-electron chi connectivity index (χ4n) is 2.64. The summed E-state index contributed by atoms with van der Waals surface area (Å²) in [5.74, 6) is 1.08. The number of nitrogens with zero attached hydrogens (tertiary/aromatic N) is 1. The molecule has 0 aliphatic rings. The van der Waals surface area contributed by atoms with Crippen LogP contribution in [0.1, 0.15) is 25.5 Å². The van der Waals surface area contributed by atoms with Gasteiger partial charge in [-0.2, -0.15) is 0 Å². The Balaban J connectivity index is 2.03. The van der Waals surface area contributed by atoms with Gasteiger partial charge >= 0.3 is 0 Å². The average molecular weight is 577 g/mol. The zero-order valence-electron chi connectivity index (χ0n) is 15.7. The molecule has 0 saturated heterocycles. The molecule has 0 N–H and O–H groups in total. The number of pyridine rings is 1. The van der Waals surface area contributed by atoms with E-state index >= 15 is 0 Å². The zero-order chi connectivity index (χ0) is 20.3. The van der Waals surface area contributed by atoms with Gasteiger partial charge in [0.1, 0.15) is 18.2 Å². The molecule has 28 heavy (non-hydrogen) atoms. The second-order valence-corrected chi connectivity index (χ2v) is 8.73. The van der Waals surface area contributed by atoms with E-state index in [-0.39, 0.29) is 12.2 Å². The molecule has 0 unspecified atom stereocenters. The van der Waals surface area contributed by atoms with E-state index in [2.05, 4.69) is 43.5 Å². The number of aromatic nitrogens is 1. The van der Waals surface area contributed by atoms with Crippen LogP contribution in [0.4, 0.5) is 0 Å². The van der Waals surface area contributed by atoms with Crippen LogP contribution in [-0.4, -0.2) is 24.8 Å². The van der Waals surface area contributed by atoms with Crippen molar-refractivity contribution in [3.05, 3.63) is 61.1 Å². The van der Waals surface area contributed by atoms with Crippen LogP contribution in [0, 0.1) is 3.57 Å². The molecule has 7 heteroatoms. The number of benzene rings is 2. The number of rotatable bonds is 7. The molecule has 3 aromatic rings. The monoisotopic (exact) mass is 575 g/mol. The third kappa shape index (κ3) is 4.90. The lowest BCUT2D eigenvalue weighted by Gasteiger charge is -2.19. The maximum atomic E-state index is 6.54. The smallest absolute Gasteiger partial charge is 0.215 e. The Morgan fingerprint density at radius 2 is 1.89 bits per heavy atom. The maximum Gasteiger partial charge on any atom is 0.215 e. The molecule has 0 aliphatic heterocycles. The fourth-order valence-corrected chi connectivity index (χ4v) is 3.83. The van der Waals surface area contributed by atoms with Crippen LogP contribution in [-0.2, 0) is 4.74 Å². The molecular formula is C21H20BrClINO3. The predicted octanol–water partition coefficient (Wildman–Crippen LogP) is 6.81. The summed E-state index contributed by atoms with van der Waals surface area (Å²) >= 11 is 12.4. The Kier molecular flexibility index (Phi) is 7.42. The van der Waals surface area contributed by atoms with Crippen LogP contribution in [0.3, 0.4) is 0 Å². The molecular weight excluding hydrogens is 556 g/mol. The van der Waals surface area contributed by atoms with Crippen molar-refractivity contribution in [3.63, 3.8) is 0 Å². The minimum Gasteiger partial charge on any atom is -0.483 e. The lowest BCUT2D eigenvalue weighted by molar-refractivity contribution is 0.0700. The van der Waals surface area contributed by atoms with Crippen molar-refractivity contribution < 1.29 is 14.2 Å². The highest BCUT2D eigenvalue weighted by Crippen LogP contribution is 2.42. The summed E-state index contributed by atoms with van der Waals surface area (Å²) in [6.07, 6.45) is -0.203. The highest BCUT2D eigenvalue weighted by atomic mass is 127. The van der Waals surface area contributed by atoms with Gasteiger partial charge in [-0.25, -0.2) is 4.98 Å². The Morgan fingerprint density at radius 1 is 1.18 bits per heavy atom. The van der Waals surface area contributed by atoms with Crippen molar-refractivity contribution in [2.75, 3.05) is 13.7 Å². The van der Waals surface area contributed by atoms with E-state index in [4.69, 9.17) is 25.8 Å². The number of hydrogen-bond acceptors (Lipinski definition) is 4. The van der Waals surface area contributed by atoms with Crippen molar-refractivity contribution in [1.29, 1.82) is 0 Å². The van der Waals surface area contributed by atoms with Crippen molar-refractivity contribution in [1.82, 2.24) is 4.98 Å². The van der Waals surface area contributed by atoms with E-state index < -0.39 is 0 Å². The van der Waals surface area contributed by atoms with Crippen molar-refractivity contribution >= 4 is 61.0 Å². The van der Waals surface area contributed by atoms with Gasteiger partial charge in [0.25, 0.3) is 0 Å². The summed E-state index contributed by atoms with van der Waals surface area (Å²) < 4.78 is 19.2. The summed E-state index contributed by atoms with van der Waals surface area (Å²) in [5.41, 5.74) is 1.73. The van der Waals surface area contributed by atoms with Crippen molar-refractivity contribution in [2.45, 2.75) is 26.1 Å². The van der Waals surface area contributed by atoms with Crippen LogP contribution in [0.5, 0.6) is 11.6 Å². The molecule has 0 spiro atoms. The molecule has 1 heterocycles. The van der Waals surface area contributed by atoms with Crippen LogP contribution < -0.4 is 9.47 Å². The standard InChI is InChI=1S/C21H20BrClINO3/c1-12(26-3)11-27-18-10-16(23)15-9-17(24)19(22)21(20(15)25-18)28-13(2)14-7-5-4-6-8-14/h4-10,12-13H,11H2,1-3H3/t12-,13-/m0/s1. The first kappa shape index (κ1) is 21.6. The third-order valence-corrected chi connectivity index (χ3v) is 7.00. The first-order chi connectivity index (χ1) is 13.4. The lowest BCUT2D eigenvalue weighted by atomic mass is 10.1. The Hall–Kier alpha value is -1.09. The van der Waals surface area contributed by atoms with E-state index in [9.17, 15) is 0 Å². The number of methoxy groups -OCH3 is 1. The summed E-state index contributed by atoms with van der Waals surface area (Å²) in [6.45, 7) is 4.32. The molecule has 0 fully saturated rings. The second-order valence-electron chi connectivity index (χ2n) is 6.37. The van der Waals surface area contributed by atoms with Gasteiger partial charge in [0.05, 0.1) is 15.6 Å². The largest absolute Gasteiger partial charge is 0.483 e. The second kappa shape index (κ2) is 9.61. The van der Waals surface area contributed by atoms with Gasteiger partial charge in [-0.05, 0) is 64.0 Å². The Bertz CT molecular complexity index is 971. The molecule has 2 atom stereocenters. The average Bonchev–Trinajstić information content (AvgIpc) is 2.70. The summed E-state index contributed by atoms with van der Waals surface area (Å²) in [6, 6.07) is 13.8. The van der Waals surface area contributed by atoms with E-state index in [0.29, 0.717) is 28.8 Å². The van der Waals surface area contributed by atoms with Gasteiger partial charge in [0, 0.05) is 22.1 Å². The third-order valence-electron chi connectivity index (χ3n) is 4.31. The van der Waals surface area contributed by atoms with Crippen LogP contribution in [0.2, 0.25) is 5.02 Å². The topological polar surface area (TPSA) is 40.6 Å². The predicted molar refractivity (Wildman–Crippen MR) is 125 cm³/mol. The molecule has 1 aromatic heterocycles. The van der Waals surface area contributed by atoms with E-state index in [0.717, 1.165) is 19.0 Å². The SMILES string of the molecule is CO[C@@H](C)COc1cc(Cl)c2cc(I)c(Br)c(O[C@@H](C)c3ccccc3)c2n1. The van der Waals surface area contributed by atoms with Gasteiger partial charge in [0.15, 0.2) is 5.75 Å². The van der Waals surface area contributed by atoms with E-state index in [1.165, 1.54) is 0 Å². The number of halogens is 3. The van der Waals surface area contributed by atoms with Gasteiger partial charge in [-0.15, -0.1) is 0 Å². The molecule has 0 saturated carbocycles. The molecule has 0 amide bonds. The lowest BCUT2D eigenvalue weighted by Crippen LogP contribution is -2.16. The summed E-state index contributed by atoms with van der Waals surface area (Å²) in [5, 5.41) is 1.38. The fraction of sp³-hybridized carbons (Fsp3) is 0.286. The molecule has 0 radical (unpaired) electrons. The normalized spacial score (nSPS) is 13.4. The molecule has 148 valence electrons. The van der Waals surface area contributed by atoms with E-state index in [1.54, 1.807) is 13.2 Å². The van der Waals surface area contributed by atoms with Crippen LogP contribution in [0.25, 0.3) is 10.9 Å². The van der Waals surface area contributed by atoms with E-state index in [1.807, 2.05) is 50.2 Å². The van der Waals surface area contributed by atoms with Gasteiger partial charge in [-0.3, -0.25) is 0 Å². The minimum atomic E-state index is -0.155. The van der Waals surface area contributed by atoms with Crippen molar-refractivity contribution in [3.8, 4) is 11.6 Å². The van der Waals surface area contributed by atoms with Gasteiger partial charge in [0.2, 0.25) is 5.88 Å². The zero-order valence-corrected chi connectivity index (χ0v) is 20.2.